The number of hydrogen-bond donors (Lipinski definition) is 0. The standard InChI is InChI=1S/C20H38/c1-14-15(2)17(4)20(7,18(5)16(14)3)19(6)12-10-8-9-11-13-19/h14-18H,8-13H2,1-7H3. The molecule has 0 heteroatoms. The first-order valence-corrected chi connectivity index (χ1v) is 9.25. The first kappa shape index (κ1) is 16.4. The van der Waals surface area contributed by atoms with E-state index < -0.39 is 0 Å². The SMILES string of the molecule is CC1C(C)C(C)C(C)(C2(C)CCCCCC2)C(C)C1C. The molecule has 118 valence electrons. The Bertz CT molecular complexity index is 305. The van der Waals surface area contributed by atoms with Crippen LogP contribution in [0.15, 0.2) is 0 Å². The van der Waals surface area contributed by atoms with Crippen molar-refractivity contribution in [2.75, 3.05) is 0 Å². The Morgan fingerprint density at radius 3 is 1.40 bits per heavy atom. The smallest absolute Gasteiger partial charge is 0.0215 e. The van der Waals surface area contributed by atoms with Crippen molar-refractivity contribution in [3.05, 3.63) is 0 Å². The average Bonchev–Trinajstić information content (AvgIpc) is 2.66. The first-order valence-electron chi connectivity index (χ1n) is 9.25. The molecule has 0 aromatic heterocycles. The van der Waals surface area contributed by atoms with Crippen LogP contribution in [0.1, 0.15) is 87.0 Å². The molecule has 0 aromatic rings. The lowest BCUT2D eigenvalue weighted by Crippen LogP contribution is -2.56. The zero-order valence-electron chi connectivity index (χ0n) is 15.1. The van der Waals surface area contributed by atoms with Gasteiger partial charge in [-0.05, 0) is 53.3 Å². The van der Waals surface area contributed by atoms with Gasteiger partial charge < -0.3 is 0 Å². The van der Waals surface area contributed by atoms with Gasteiger partial charge >= 0.3 is 0 Å². The Labute approximate surface area is 128 Å². The quantitative estimate of drug-likeness (QED) is 0.477. The van der Waals surface area contributed by atoms with E-state index in [0.717, 1.165) is 29.6 Å². The van der Waals surface area contributed by atoms with Crippen LogP contribution in [0.3, 0.4) is 0 Å². The summed E-state index contributed by atoms with van der Waals surface area (Å²) >= 11 is 0. The number of rotatable bonds is 1. The third-order valence-corrected chi connectivity index (χ3v) is 8.64. The van der Waals surface area contributed by atoms with E-state index in [4.69, 9.17) is 0 Å². The van der Waals surface area contributed by atoms with Crippen molar-refractivity contribution < 1.29 is 0 Å². The fourth-order valence-corrected chi connectivity index (χ4v) is 6.04. The summed E-state index contributed by atoms with van der Waals surface area (Å²) < 4.78 is 0. The minimum atomic E-state index is 0.517. The molecule has 0 saturated heterocycles. The Kier molecular flexibility index (Phi) is 4.63. The predicted octanol–water partition coefficient (Wildman–Crippen LogP) is 6.55. The van der Waals surface area contributed by atoms with Gasteiger partial charge in [0.15, 0.2) is 0 Å². The molecule has 2 aliphatic carbocycles. The van der Waals surface area contributed by atoms with Crippen molar-refractivity contribution in [2.24, 2.45) is 40.4 Å². The second kappa shape index (κ2) is 5.65. The molecular formula is C20H38. The zero-order valence-corrected chi connectivity index (χ0v) is 15.1. The molecule has 0 heterocycles. The van der Waals surface area contributed by atoms with Crippen LogP contribution in [0.4, 0.5) is 0 Å². The summed E-state index contributed by atoms with van der Waals surface area (Å²) in [5.41, 5.74) is 1.08. The molecule has 2 rings (SSSR count). The maximum atomic E-state index is 2.66. The molecule has 0 aliphatic heterocycles. The molecular weight excluding hydrogens is 240 g/mol. The summed E-state index contributed by atoms with van der Waals surface area (Å²) in [7, 11) is 0. The lowest BCUT2D eigenvalue weighted by Gasteiger charge is -2.62. The molecule has 4 atom stereocenters. The maximum absolute atomic E-state index is 2.66. The van der Waals surface area contributed by atoms with E-state index in [0.29, 0.717) is 10.8 Å². The van der Waals surface area contributed by atoms with Crippen molar-refractivity contribution in [1.82, 2.24) is 0 Å². The fraction of sp³-hybridized carbons (Fsp3) is 1.00. The second-order valence-corrected chi connectivity index (χ2v) is 8.91. The van der Waals surface area contributed by atoms with E-state index >= 15 is 0 Å². The van der Waals surface area contributed by atoms with Gasteiger partial charge in [0.2, 0.25) is 0 Å². The van der Waals surface area contributed by atoms with Gasteiger partial charge in [-0.25, -0.2) is 0 Å². The van der Waals surface area contributed by atoms with Gasteiger partial charge in [-0.15, -0.1) is 0 Å². The van der Waals surface area contributed by atoms with E-state index in [9.17, 15) is 0 Å². The third-order valence-electron chi connectivity index (χ3n) is 8.64. The van der Waals surface area contributed by atoms with Gasteiger partial charge in [0.05, 0.1) is 0 Å². The van der Waals surface area contributed by atoms with E-state index in [-0.39, 0.29) is 0 Å². The van der Waals surface area contributed by atoms with Gasteiger partial charge in [-0.2, -0.15) is 0 Å². The van der Waals surface area contributed by atoms with Crippen molar-refractivity contribution in [1.29, 1.82) is 0 Å². The van der Waals surface area contributed by atoms with Gasteiger partial charge in [0.25, 0.3) is 0 Å². The van der Waals surface area contributed by atoms with E-state index in [1.54, 1.807) is 0 Å². The Morgan fingerprint density at radius 1 is 0.600 bits per heavy atom. The van der Waals surface area contributed by atoms with Crippen molar-refractivity contribution in [3.8, 4) is 0 Å². The van der Waals surface area contributed by atoms with Crippen molar-refractivity contribution >= 4 is 0 Å². The van der Waals surface area contributed by atoms with Crippen LogP contribution in [0.25, 0.3) is 0 Å². The van der Waals surface area contributed by atoms with Crippen LogP contribution in [0, 0.1) is 40.4 Å². The number of hydrogen-bond acceptors (Lipinski definition) is 0. The molecule has 0 radical (unpaired) electrons. The minimum Gasteiger partial charge on any atom is -0.0620 e. The van der Waals surface area contributed by atoms with E-state index in [1.165, 1.54) is 38.5 Å². The molecule has 2 fully saturated rings. The summed E-state index contributed by atoms with van der Waals surface area (Å²) in [6.45, 7) is 18.0. The van der Waals surface area contributed by atoms with Crippen LogP contribution < -0.4 is 0 Å². The highest BCUT2D eigenvalue weighted by Gasteiger charge is 2.56. The molecule has 0 nitrogen and oxygen atoms in total. The Balaban J connectivity index is 2.38. The summed E-state index contributed by atoms with van der Waals surface area (Å²) in [6.07, 6.45) is 8.79. The Morgan fingerprint density at radius 2 is 1.00 bits per heavy atom. The summed E-state index contributed by atoms with van der Waals surface area (Å²) in [6, 6.07) is 0. The molecule has 0 amide bonds. The molecule has 0 aromatic carbocycles. The van der Waals surface area contributed by atoms with E-state index in [2.05, 4.69) is 48.5 Å². The van der Waals surface area contributed by atoms with Crippen LogP contribution in [0.5, 0.6) is 0 Å². The lowest BCUT2D eigenvalue weighted by atomic mass is 9.43. The average molecular weight is 279 g/mol. The third kappa shape index (κ3) is 2.26. The molecule has 0 bridgehead atoms. The molecule has 4 unspecified atom stereocenters. The summed E-state index contributed by atoms with van der Waals surface area (Å²) in [4.78, 5) is 0. The molecule has 20 heavy (non-hydrogen) atoms. The Hall–Kier alpha value is 0. The predicted molar refractivity (Wildman–Crippen MR) is 89.7 cm³/mol. The van der Waals surface area contributed by atoms with Gasteiger partial charge in [0.1, 0.15) is 0 Å². The molecule has 0 N–H and O–H groups in total. The highest BCUT2D eigenvalue weighted by Crippen LogP contribution is 2.63. The van der Waals surface area contributed by atoms with Crippen LogP contribution in [-0.2, 0) is 0 Å². The van der Waals surface area contributed by atoms with Gasteiger partial charge in [-0.3, -0.25) is 0 Å². The maximum Gasteiger partial charge on any atom is -0.0215 e. The second-order valence-electron chi connectivity index (χ2n) is 8.91. The summed E-state index contributed by atoms with van der Waals surface area (Å²) in [5, 5.41) is 0. The van der Waals surface area contributed by atoms with Crippen LogP contribution >= 0.6 is 0 Å². The van der Waals surface area contributed by atoms with Crippen molar-refractivity contribution in [3.63, 3.8) is 0 Å². The molecule has 2 saturated carbocycles. The lowest BCUT2D eigenvalue weighted by molar-refractivity contribution is -0.136. The van der Waals surface area contributed by atoms with Gasteiger partial charge in [-0.1, -0.05) is 74.1 Å². The largest absolute Gasteiger partial charge is 0.0620 e. The van der Waals surface area contributed by atoms with Crippen molar-refractivity contribution in [2.45, 2.75) is 87.0 Å². The molecule has 2 aliphatic rings. The highest BCUT2D eigenvalue weighted by atomic mass is 14.6. The van der Waals surface area contributed by atoms with E-state index in [1.807, 2.05) is 0 Å². The van der Waals surface area contributed by atoms with Crippen LogP contribution in [-0.4, -0.2) is 0 Å². The van der Waals surface area contributed by atoms with Crippen LogP contribution in [0.2, 0.25) is 0 Å². The monoisotopic (exact) mass is 278 g/mol. The van der Waals surface area contributed by atoms with Gasteiger partial charge in [0, 0.05) is 0 Å². The fourth-order valence-electron chi connectivity index (χ4n) is 6.04. The topological polar surface area (TPSA) is 0 Å². The normalized spacial score (nSPS) is 49.6. The molecule has 0 spiro atoms. The summed E-state index contributed by atoms with van der Waals surface area (Å²) in [5.74, 6) is 4.32. The first-order chi connectivity index (χ1) is 9.25. The minimum absolute atomic E-state index is 0.517. The zero-order chi connectivity index (χ0) is 15.1. The highest BCUT2D eigenvalue weighted by molar-refractivity contribution is 5.05.